The Bertz CT molecular complexity index is 536. The van der Waals surface area contributed by atoms with Gasteiger partial charge in [-0.2, -0.15) is 0 Å². The number of nitrogens with zero attached hydrogens (tertiary/aromatic N) is 2. The summed E-state index contributed by atoms with van der Waals surface area (Å²) >= 11 is 0. The first-order valence-electron chi connectivity index (χ1n) is 6.27. The summed E-state index contributed by atoms with van der Waals surface area (Å²) < 4.78 is 2.19. The second kappa shape index (κ2) is 4.06. The van der Waals surface area contributed by atoms with Gasteiger partial charge in [-0.1, -0.05) is 19.9 Å². The zero-order chi connectivity index (χ0) is 12.6. The van der Waals surface area contributed by atoms with E-state index in [0.29, 0.717) is 5.95 Å². The molecule has 0 amide bonds. The van der Waals surface area contributed by atoms with E-state index in [0.717, 1.165) is 23.9 Å². The van der Waals surface area contributed by atoms with Crippen LogP contribution in [0.1, 0.15) is 39.2 Å². The van der Waals surface area contributed by atoms with Crippen LogP contribution < -0.4 is 5.73 Å². The number of aromatic nitrogens is 2. The molecule has 2 rings (SSSR count). The van der Waals surface area contributed by atoms with Gasteiger partial charge in [0.15, 0.2) is 0 Å². The van der Waals surface area contributed by atoms with Gasteiger partial charge in [-0.3, -0.25) is 0 Å². The molecule has 1 heterocycles. The van der Waals surface area contributed by atoms with Crippen molar-refractivity contribution in [3.63, 3.8) is 0 Å². The van der Waals surface area contributed by atoms with E-state index in [-0.39, 0.29) is 5.54 Å². The molecule has 17 heavy (non-hydrogen) atoms. The monoisotopic (exact) mass is 231 g/mol. The molecular weight excluding hydrogens is 210 g/mol. The predicted molar refractivity (Wildman–Crippen MR) is 73.1 cm³/mol. The molecule has 0 unspecified atom stereocenters. The van der Waals surface area contributed by atoms with E-state index in [9.17, 15) is 0 Å². The van der Waals surface area contributed by atoms with E-state index in [1.807, 2.05) is 6.07 Å². The lowest BCUT2D eigenvalue weighted by Gasteiger charge is -2.30. The molecule has 0 atom stereocenters. The maximum Gasteiger partial charge on any atom is 0.201 e. The highest BCUT2D eigenvalue weighted by molar-refractivity contribution is 5.79. The lowest BCUT2D eigenvalue weighted by molar-refractivity contribution is 0.307. The Labute approximate surface area is 103 Å². The third-order valence-electron chi connectivity index (χ3n) is 3.90. The molecule has 0 radical (unpaired) electrons. The SMILES string of the molecule is CCC(C)(CC)n1c(N)nc2ccc(C)cc21. The van der Waals surface area contributed by atoms with Crippen LogP contribution in [-0.4, -0.2) is 9.55 Å². The third-order valence-corrected chi connectivity index (χ3v) is 3.90. The average Bonchev–Trinajstić information content (AvgIpc) is 2.64. The first-order chi connectivity index (χ1) is 8.01. The zero-order valence-electron chi connectivity index (χ0n) is 11.1. The van der Waals surface area contributed by atoms with E-state index in [1.165, 1.54) is 5.56 Å². The molecule has 3 heteroatoms. The number of hydrogen-bond acceptors (Lipinski definition) is 2. The maximum absolute atomic E-state index is 6.09. The van der Waals surface area contributed by atoms with E-state index in [2.05, 4.69) is 49.4 Å². The molecule has 3 nitrogen and oxygen atoms in total. The van der Waals surface area contributed by atoms with Gasteiger partial charge in [0.1, 0.15) is 0 Å². The van der Waals surface area contributed by atoms with Crippen molar-refractivity contribution >= 4 is 17.0 Å². The number of nitrogen functional groups attached to an aromatic ring is 1. The van der Waals surface area contributed by atoms with Gasteiger partial charge in [0.25, 0.3) is 0 Å². The van der Waals surface area contributed by atoms with Crippen LogP contribution >= 0.6 is 0 Å². The van der Waals surface area contributed by atoms with Gasteiger partial charge in [0.2, 0.25) is 5.95 Å². The van der Waals surface area contributed by atoms with Crippen LogP contribution in [0, 0.1) is 6.92 Å². The summed E-state index contributed by atoms with van der Waals surface area (Å²) in [5, 5.41) is 0. The van der Waals surface area contributed by atoms with Crippen molar-refractivity contribution in [1.82, 2.24) is 9.55 Å². The first kappa shape index (κ1) is 12.0. The molecule has 2 N–H and O–H groups in total. The fourth-order valence-electron chi connectivity index (χ4n) is 2.34. The van der Waals surface area contributed by atoms with E-state index in [4.69, 9.17) is 5.73 Å². The number of imidazole rings is 1. The summed E-state index contributed by atoms with van der Waals surface area (Å²) in [6.07, 6.45) is 2.10. The van der Waals surface area contributed by atoms with Crippen molar-refractivity contribution in [2.24, 2.45) is 0 Å². The number of fused-ring (bicyclic) bond motifs is 1. The quantitative estimate of drug-likeness (QED) is 0.879. The highest BCUT2D eigenvalue weighted by Crippen LogP contribution is 2.32. The largest absolute Gasteiger partial charge is 0.369 e. The van der Waals surface area contributed by atoms with Crippen LogP contribution in [-0.2, 0) is 5.54 Å². The second-order valence-electron chi connectivity index (χ2n) is 5.00. The Morgan fingerprint density at radius 2 is 1.94 bits per heavy atom. The van der Waals surface area contributed by atoms with Gasteiger partial charge in [-0.25, -0.2) is 4.98 Å². The molecule has 0 saturated heterocycles. The fourth-order valence-corrected chi connectivity index (χ4v) is 2.34. The van der Waals surface area contributed by atoms with Gasteiger partial charge in [-0.05, 0) is 44.4 Å². The van der Waals surface area contributed by atoms with Crippen molar-refractivity contribution in [3.8, 4) is 0 Å². The second-order valence-corrected chi connectivity index (χ2v) is 5.00. The summed E-state index contributed by atoms with van der Waals surface area (Å²) in [5.74, 6) is 0.622. The molecule has 0 saturated carbocycles. The number of benzene rings is 1. The molecule has 1 aromatic heterocycles. The summed E-state index contributed by atoms with van der Waals surface area (Å²) in [6.45, 7) is 8.74. The van der Waals surface area contributed by atoms with Crippen molar-refractivity contribution in [1.29, 1.82) is 0 Å². The average molecular weight is 231 g/mol. The molecule has 0 aliphatic rings. The highest BCUT2D eigenvalue weighted by Gasteiger charge is 2.26. The summed E-state index contributed by atoms with van der Waals surface area (Å²) in [5.41, 5.74) is 9.52. The summed E-state index contributed by atoms with van der Waals surface area (Å²) in [7, 11) is 0. The molecule has 0 spiro atoms. The Morgan fingerprint density at radius 1 is 1.29 bits per heavy atom. The number of aryl methyl sites for hydroxylation is 1. The van der Waals surface area contributed by atoms with Crippen LogP contribution in [0.3, 0.4) is 0 Å². The summed E-state index contributed by atoms with van der Waals surface area (Å²) in [4.78, 5) is 4.46. The Morgan fingerprint density at radius 3 is 2.53 bits per heavy atom. The normalized spacial score (nSPS) is 12.2. The number of nitrogens with two attached hydrogens (primary N) is 1. The number of hydrogen-bond donors (Lipinski definition) is 1. The molecule has 0 fully saturated rings. The molecule has 0 bridgehead atoms. The van der Waals surface area contributed by atoms with Gasteiger partial charge in [0, 0.05) is 5.54 Å². The van der Waals surface area contributed by atoms with Crippen LogP contribution in [0.2, 0.25) is 0 Å². The van der Waals surface area contributed by atoms with Crippen LogP contribution in [0.25, 0.3) is 11.0 Å². The number of anilines is 1. The molecule has 0 aliphatic carbocycles. The van der Waals surface area contributed by atoms with E-state index in [1.54, 1.807) is 0 Å². The maximum atomic E-state index is 6.09. The predicted octanol–water partition coefficient (Wildman–Crippen LogP) is 3.46. The molecular formula is C14H21N3. The molecule has 92 valence electrons. The fraction of sp³-hybridized carbons (Fsp3) is 0.500. The standard InChI is InChI=1S/C14H21N3/c1-5-14(4,6-2)17-12-9-10(3)7-8-11(12)16-13(17)15/h7-9H,5-6H2,1-4H3,(H2,15,16). The Balaban J connectivity index is 2.75. The van der Waals surface area contributed by atoms with Crippen LogP contribution in [0.4, 0.5) is 5.95 Å². The van der Waals surface area contributed by atoms with Gasteiger partial charge in [0.05, 0.1) is 11.0 Å². The lowest BCUT2D eigenvalue weighted by Crippen LogP contribution is -2.29. The van der Waals surface area contributed by atoms with Crippen molar-refractivity contribution in [2.75, 3.05) is 5.73 Å². The lowest BCUT2D eigenvalue weighted by atomic mass is 9.95. The van der Waals surface area contributed by atoms with Crippen LogP contribution in [0.5, 0.6) is 0 Å². The highest BCUT2D eigenvalue weighted by atomic mass is 15.2. The zero-order valence-corrected chi connectivity index (χ0v) is 11.1. The van der Waals surface area contributed by atoms with Crippen molar-refractivity contribution in [3.05, 3.63) is 23.8 Å². The molecule has 2 aromatic rings. The minimum absolute atomic E-state index is 0.0482. The van der Waals surface area contributed by atoms with Crippen molar-refractivity contribution in [2.45, 2.75) is 46.1 Å². The third kappa shape index (κ3) is 1.79. The minimum Gasteiger partial charge on any atom is -0.369 e. The van der Waals surface area contributed by atoms with E-state index < -0.39 is 0 Å². The van der Waals surface area contributed by atoms with E-state index >= 15 is 0 Å². The van der Waals surface area contributed by atoms with Gasteiger partial charge in [-0.15, -0.1) is 0 Å². The topological polar surface area (TPSA) is 43.8 Å². The Kier molecular flexibility index (Phi) is 2.86. The van der Waals surface area contributed by atoms with Gasteiger partial charge < -0.3 is 10.3 Å². The first-order valence-corrected chi connectivity index (χ1v) is 6.27. The summed E-state index contributed by atoms with van der Waals surface area (Å²) in [6, 6.07) is 6.29. The molecule has 0 aliphatic heterocycles. The van der Waals surface area contributed by atoms with Gasteiger partial charge >= 0.3 is 0 Å². The number of rotatable bonds is 3. The smallest absolute Gasteiger partial charge is 0.201 e. The van der Waals surface area contributed by atoms with Crippen LogP contribution in [0.15, 0.2) is 18.2 Å². The Hall–Kier alpha value is -1.51. The van der Waals surface area contributed by atoms with Crippen molar-refractivity contribution < 1.29 is 0 Å². The minimum atomic E-state index is 0.0482. The molecule has 1 aromatic carbocycles.